The Morgan fingerprint density at radius 1 is 1.32 bits per heavy atom. The molecule has 2 aliphatic rings. The number of amides is 1. The Balaban J connectivity index is 1.64. The van der Waals surface area contributed by atoms with Gasteiger partial charge in [-0.25, -0.2) is 13.8 Å². The lowest BCUT2D eigenvalue weighted by Gasteiger charge is -2.21. The minimum atomic E-state index is -0.574. The summed E-state index contributed by atoms with van der Waals surface area (Å²) in [6.45, 7) is 2.67. The normalized spacial score (nSPS) is 20.7. The van der Waals surface area contributed by atoms with Crippen LogP contribution in [0.1, 0.15) is 24.8 Å². The Kier molecular flexibility index (Phi) is 6.49. The van der Waals surface area contributed by atoms with Gasteiger partial charge in [0.1, 0.15) is 18.2 Å². The number of ether oxygens (including phenoxy) is 1. The first kappa shape index (κ1) is 20.5. The van der Waals surface area contributed by atoms with Crippen molar-refractivity contribution in [1.29, 1.82) is 0 Å². The Morgan fingerprint density at radius 3 is 2.71 bits per heavy atom. The molecular formula is C20H28F2N4O2. The maximum absolute atomic E-state index is 14.2. The number of halogens is 2. The van der Waals surface area contributed by atoms with Crippen LogP contribution in [-0.2, 0) is 14.9 Å². The second-order valence-corrected chi connectivity index (χ2v) is 7.82. The second kappa shape index (κ2) is 8.86. The van der Waals surface area contributed by atoms with Gasteiger partial charge >= 0.3 is 0 Å². The third-order valence-electron chi connectivity index (χ3n) is 5.40. The standard InChI is InChI=1S/C20H28F2N4O2/c1-26(2)18(27)11-24-19(23-10-14-5-8-28-12-14)25-13-20(6-7-20)16-4-3-15(21)9-17(16)22/h3-4,9,14H,5-8,10-13H2,1-2H3,(H2,23,24,25). The van der Waals surface area contributed by atoms with E-state index in [9.17, 15) is 13.6 Å². The van der Waals surface area contributed by atoms with Gasteiger partial charge in [-0.05, 0) is 30.9 Å². The van der Waals surface area contributed by atoms with Crippen LogP contribution in [0.25, 0.3) is 0 Å². The van der Waals surface area contributed by atoms with Crippen molar-refractivity contribution in [3.05, 3.63) is 35.4 Å². The lowest BCUT2D eigenvalue weighted by molar-refractivity contribution is -0.127. The highest BCUT2D eigenvalue weighted by atomic mass is 19.1. The van der Waals surface area contributed by atoms with Crippen molar-refractivity contribution in [2.24, 2.45) is 10.9 Å². The van der Waals surface area contributed by atoms with E-state index < -0.39 is 11.6 Å². The van der Waals surface area contributed by atoms with Crippen LogP contribution >= 0.6 is 0 Å². The van der Waals surface area contributed by atoms with Crippen molar-refractivity contribution >= 4 is 11.9 Å². The molecule has 6 nitrogen and oxygen atoms in total. The van der Waals surface area contributed by atoms with E-state index in [2.05, 4.69) is 15.6 Å². The Hall–Kier alpha value is -2.22. The fourth-order valence-corrected chi connectivity index (χ4v) is 3.31. The van der Waals surface area contributed by atoms with Gasteiger partial charge in [0.05, 0.1) is 6.61 Å². The Morgan fingerprint density at radius 2 is 2.11 bits per heavy atom. The van der Waals surface area contributed by atoms with Crippen LogP contribution in [0.3, 0.4) is 0 Å². The molecule has 1 unspecified atom stereocenters. The summed E-state index contributed by atoms with van der Waals surface area (Å²) >= 11 is 0. The molecule has 8 heteroatoms. The smallest absolute Gasteiger partial charge is 0.243 e. The van der Waals surface area contributed by atoms with Gasteiger partial charge < -0.3 is 20.3 Å². The maximum atomic E-state index is 14.2. The molecule has 1 aliphatic carbocycles. The number of hydrogen-bond donors (Lipinski definition) is 2. The highest BCUT2D eigenvalue weighted by Crippen LogP contribution is 2.48. The van der Waals surface area contributed by atoms with Gasteiger partial charge in [-0.1, -0.05) is 6.07 Å². The van der Waals surface area contributed by atoms with E-state index in [1.165, 1.54) is 17.0 Å². The molecule has 1 atom stereocenters. The first-order valence-corrected chi connectivity index (χ1v) is 9.65. The zero-order valence-electron chi connectivity index (χ0n) is 16.4. The van der Waals surface area contributed by atoms with Crippen LogP contribution in [-0.4, -0.2) is 63.7 Å². The summed E-state index contributed by atoms with van der Waals surface area (Å²) in [5.74, 6) is -0.264. The SMILES string of the molecule is CN(C)C(=O)CN=C(NCC1CCOC1)NCC1(c2ccc(F)cc2F)CC1. The topological polar surface area (TPSA) is 66.0 Å². The van der Waals surface area contributed by atoms with Gasteiger partial charge in [0.2, 0.25) is 5.91 Å². The van der Waals surface area contributed by atoms with Crippen LogP contribution in [0.4, 0.5) is 8.78 Å². The van der Waals surface area contributed by atoms with E-state index in [1.807, 2.05) is 0 Å². The van der Waals surface area contributed by atoms with E-state index in [0.29, 0.717) is 37.1 Å². The summed E-state index contributed by atoms with van der Waals surface area (Å²) in [6, 6.07) is 3.75. The van der Waals surface area contributed by atoms with E-state index in [0.717, 1.165) is 31.9 Å². The lowest BCUT2D eigenvalue weighted by Crippen LogP contribution is -2.44. The average molecular weight is 394 g/mol. The largest absolute Gasteiger partial charge is 0.381 e. The predicted molar refractivity (Wildman–Crippen MR) is 103 cm³/mol. The molecule has 0 aromatic heterocycles. The van der Waals surface area contributed by atoms with Crippen LogP contribution < -0.4 is 10.6 Å². The Labute approximate surface area is 164 Å². The van der Waals surface area contributed by atoms with E-state index in [4.69, 9.17) is 4.74 Å². The van der Waals surface area contributed by atoms with E-state index >= 15 is 0 Å². The van der Waals surface area contributed by atoms with Gasteiger partial charge in [-0.3, -0.25) is 4.79 Å². The summed E-state index contributed by atoms with van der Waals surface area (Å²) in [4.78, 5) is 17.7. The molecule has 1 heterocycles. The molecule has 0 spiro atoms. The molecule has 28 heavy (non-hydrogen) atoms. The fourth-order valence-electron chi connectivity index (χ4n) is 3.31. The molecule has 2 fully saturated rings. The van der Waals surface area contributed by atoms with Crippen molar-refractivity contribution in [3.63, 3.8) is 0 Å². The van der Waals surface area contributed by atoms with Gasteiger partial charge in [0.25, 0.3) is 0 Å². The summed E-state index contributed by atoms with van der Waals surface area (Å²) in [7, 11) is 3.37. The van der Waals surface area contributed by atoms with Crippen molar-refractivity contribution in [1.82, 2.24) is 15.5 Å². The number of carbonyl (C=O) groups excluding carboxylic acids is 1. The number of benzene rings is 1. The van der Waals surface area contributed by atoms with Crippen LogP contribution in [0.2, 0.25) is 0 Å². The fraction of sp³-hybridized carbons (Fsp3) is 0.600. The third-order valence-corrected chi connectivity index (χ3v) is 5.40. The number of guanidine groups is 1. The predicted octanol–water partition coefficient (Wildman–Crippen LogP) is 1.66. The molecular weight excluding hydrogens is 366 g/mol. The van der Waals surface area contributed by atoms with E-state index in [-0.39, 0.29) is 17.9 Å². The number of rotatable bonds is 7. The Bertz CT molecular complexity index is 729. The number of nitrogens with one attached hydrogen (secondary N) is 2. The first-order chi connectivity index (χ1) is 13.4. The quantitative estimate of drug-likeness (QED) is 0.545. The summed E-state index contributed by atoms with van der Waals surface area (Å²) < 4.78 is 32.8. The zero-order chi connectivity index (χ0) is 20.1. The first-order valence-electron chi connectivity index (χ1n) is 9.65. The molecule has 154 valence electrons. The molecule has 1 aliphatic heterocycles. The van der Waals surface area contributed by atoms with Crippen molar-refractivity contribution in [2.45, 2.75) is 24.7 Å². The molecule has 1 saturated heterocycles. The number of hydrogen-bond acceptors (Lipinski definition) is 3. The second-order valence-electron chi connectivity index (χ2n) is 7.82. The molecule has 2 N–H and O–H groups in total. The van der Waals surface area contributed by atoms with Gasteiger partial charge in [-0.2, -0.15) is 0 Å². The van der Waals surface area contributed by atoms with Crippen molar-refractivity contribution < 1.29 is 18.3 Å². The van der Waals surface area contributed by atoms with Crippen molar-refractivity contribution in [3.8, 4) is 0 Å². The third kappa shape index (κ3) is 5.19. The number of nitrogens with zero attached hydrogens (tertiary/aromatic N) is 2. The number of likely N-dealkylation sites (N-methyl/N-ethyl adjacent to an activating group) is 1. The van der Waals surface area contributed by atoms with Gasteiger partial charge in [0.15, 0.2) is 5.96 Å². The molecule has 0 radical (unpaired) electrons. The average Bonchev–Trinajstić information content (AvgIpc) is 3.24. The molecule has 1 aromatic carbocycles. The van der Waals surface area contributed by atoms with Crippen LogP contribution in [0, 0.1) is 17.6 Å². The monoisotopic (exact) mass is 394 g/mol. The maximum Gasteiger partial charge on any atom is 0.243 e. The molecule has 3 rings (SSSR count). The van der Waals surface area contributed by atoms with Crippen LogP contribution in [0.5, 0.6) is 0 Å². The van der Waals surface area contributed by atoms with Gasteiger partial charge in [-0.15, -0.1) is 0 Å². The summed E-state index contributed by atoms with van der Waals surface area (Å²) in [6.07, 6.45) is 2.63. The molecule has 0 bridgehead atoms. The van der Waals surface area contributed by atoms with E-state index in [1.54, 1.807) is 14.1 Å². The zero-order valence-corrected chi connectivity index (χ0v) is 16.4. The summed E-state index contributed by atoms with van der Waals surface area (Å²) in [5, 5.41) is 6.51. The molecule has 1 amide bonds. The minimum Gasteiger partial charge on any atom is -0.381 e. The highest BCUT2D eigenvalue weighted by Gasteiger charge is 2.46. The molecule has 1 aromatic rings. The number of carbonyl (C=O) groups is 1. The highest BCUT2D eigenvalue weighted by molar-refractivity contribution is 5.84. The lowest BCUT2D eigenvalue weighted by atomic mass is 9.95. The van der Waals surface area contributed by atoms with Crippen molar-refractivity contribution in [2.75, 3.05) is 46.9 Å². The van der Waals surface area contributed by atoms with Gasteiger partial charge in [0, 0.05) is 51.2 Å². The van der Waals surface area contributed by atoms with Crippen LogP contribution in [0.15, 0.2) is 23.2 Å². The number of aliphatic imine (C=N–C) groups is 1. The molecule has 1 saturated carbocycles. The summed E-state index contributed by atoms with van der Waals surface area (Å²) in [5.41, 5.74) is 0.164. The minimum absolute atomic E-state index is 0.0292.